The quantitative estimate of drug-likeness (QED) is 0.859. The van der Waals surface area contributed by atoms with Gasteiger partial charge in [0, 0.05) is 5.56 Å². The summed E-state index contributed by atoms with van der Waals surface area (Å²) in [6.45, 7) is 8.24. The van der Waals surface area contributed by atoms with Crippen molar-refractivity contribution in [3.63, 3.8) is 0 Å². The molecule has 1 amide bonds. The molecule has 0 bridgehead atoms. The minimum absolute atomic E-state index is 0.0417. The molecule has 5 nitrogen and oxygen atoms in total. The van der Waals surface area contributed by atoms with Gasteiger partial charge in [0.1, 0.15) is 5.72 Å². The Kier molecular flexibility index (Phi) is 4.14. The van der Waals surface area contributed by atoms with Crippen LogP contribution in [0.15, 0.2) is 12.1 Å². The predicted octanol–water partition coefficient (Wildman–Crippen LogP) is 2.61. The zero-order valence-corrected chi connectivity index (χ0v) is 13.5. The van der Waals surface area contributed by atoms with Crippen LogP contribution in [0.25, 0.3) is 0 Å². The van der Waals surface area contributed by atoms with E-state index in [0.717, 1.165) is 5.56 Å². The Morgan fingerprint density at radius 2 is 1.86 bits per heavy atom. The summed E-state index contributed by atoms with van der Waals surface area (Å²) in [6, 6.07) is 3.60. The molecule has 1 saturated heterocycles. The lowest BCUT2D eigenvalue weighted by Crippen LogP contribution is -2.47. The van der Waals surface area contributed by atoms with E-state index < -0.39 is 5.72 Å². The van der Waals surface area contributed by atoms with Crippen molar-refractivity contribution in [2.45, 2.75) is 39.5 Å². The van der Waals surface area contributed by atoms with E-state index in [1.807, 2.05) is 33.8 Å². The Balaban J connectivity index is 2.44. The fourth-order valence-electron chi connectivity index (χ4n) is 2.78. The van der Waals surface area contributed by atoms with Gasteiger partial charge < -0.3 is 19.1 Å². The molecule has 1 aliphatic heterocycles. The van der Waals surface area contributed by atoms with Crippen molar-refractivity contribution in [2.75, 3.05) is 20.8 Å². The number of methoxy groups -OCH3 is 2. The minimum atomic E-state index is -0.601. The molecule has 0 aliphatic carbocycles. The number of hydrogen-bond donors (Lipinski definition) is 0. The second-order valence-electron chi connectivity index (χ2n) is 5.80. The average molecular weight is 293 g/mol. The normalized spacial score (nSPS) is 20.5. The third-order valence-corrected chi connectivity index (χ3v) is 3.88. The van der Waals surface area contributed by atoms with E-state index in [9.17, 15) is 4.79 Å². The van der Waals surface area contributed by atoms with Crippen molar-refractivity contribution in [3.8, 4) is 11.5 Å². The SMILES string of the molecule is COc1cc(C)c(C(=O)N2[C@@H](C)COC2(C)C)cc1OC. The molecule has 1 heterocycles. The minimum Gasteiger partial charge on any atom is -0.493 e. The molecular formula is C16H23NO4. The van der Waals surface area contributed by atoms with Gasteiger partial charge in [-0.15, -0.1) is 0 Å². The molecular weight excluding hydrogens is 270 g/mol. The molecule has 21 heavy (non-hydrogen) atoms. The second kappa shape index (κ2) is 5.56. The lowest BCUT2D eigenvalue weighted by molar-refractivity contribution is -0.0398. The van der Waals surface area contributed by atoms with E-state index in [1.54, 1.807) is 25.2 Å². The maximum absolute atomic E-state index is 12.9. The van der Waals surface area contributed by atoms with Crippen molar-refractivity contribution in [1.29, 1.82) is 0 Å². The van der Waals surface area contributed by atoms with Crippen molar-refractivity contribution in [1.82, 2.24) is 4.90 Å². The van der Waals surface area contributed by atoms with E-state index in [-0.39, 0.29) is 11.9 Å². The van der Waals surface area contributed by atoms with E-state index in [1.165, 1.54) is 0 Å². The van der Waals surface area contributed by atoms with Gasteiger partial charge in [-0.05, 0) is 45.4 Å². The van der Waals surface area contributed by atoms with Gasteiger partial charge in [-0.3, -0.25) is 4.79 Å². The Bertz CT molecular complexity index is 553. The lowest BCUT2D eigenvalue weighted by Gasteiger charge is -2.33. The summed E-state index contributed by atoms with van der Waals surface area (Å²) < 4.78 is 16.3. The molecule has 5 heteroatoms. The molecule has 1 fully saturated rings. The first-order chi connectivity index (χ1) is 9.81. The number of hydrogen-bond acceptors (Lipinski definition) is 4. The average Bonchev–Trinajstić information content (AvgIpc) is 2.71. The Labute approximate surface area is 125 Å². The molecule has 1 aliphatic rings. The fourth-order valence-corrected chi connectivity index (χ4v) is 2.78. The highest BCUT2D eigenvalue weighted by Crippen LogP contribution is 2.34. The van der Waals surface area contributed by atoms with Gasteiger partial charge in [0.2, 0.25) is 0 Å². The lowest BCUT2D eigenvalue weighted by atomic mass is 10.0. The van der Waals surface area contributed by atoms with Gasteiger partial charge >= 0.3 is 0 Å². The van der Waals surface area contributed by atoms with Gasteiger partial charge in [-0.25, -0.2) is 0 Å². The van der Waals surface area contributed by atoms with Crippen molar-refractivity contribution >= 4 is 5.91 Å². The van der Waals surface area contributed by atoms with Crippen LogP contribution in [0.4, 0.5) is 0 Å². The third-order valence-electron chi connectivity index (χ3n) is 3.88. The summed E-state index contributed by atoms with van der Waals surface area (Å²) in [6.07, 6.45) is 0. The van der Waals surface area contributed by atoms with Gasteiger partial charge in [-0.1, -0.05) is 0 Å². The molecule has 116 valence electrons. The molecule has 1 aromatic rings. The van der Waals surface area contributed by atoms with Crippen molar-refractivity contribution < 1.29 is 19.0 Å². The molecule has 2 rings (SSSR count). The first-order valence-corrected chi connectivity index (χ1v) is 7.02. The number of carbonyl (C=O) groups is 1. The maximum Gasteiger partial charge on any atom is 0.256 e. The highest BCUT2D eigenvalue weighted by molar-refractivity contribution is 5.97. The van der Waals surface area contributed by atoms with Crippen LogP contribution in [-0.2, 0) is 4.74 Å². The summed E-state index contributed by atoms with van der Waals surface area (Å²) >= 11 is 0. The smallest absolute Gasteiger partial charge is 0.256 e. The largest absolute Gasteiger partial charge is 0.493 e. The van der Waals surface area contributed by atoms with Crippen molar-refractivity contribution in [2.24, 2.45) is 0 Å². The summed E-state index contributed by atoms with van der Waals surface area (Å²) in [7, 11) is 3.14. The Hall–Kier alpha value is -1.75. The van der Waals surface area contributed by atoms with Gasteiger partial charge in [0.05, 0.1) is 26.9 Å². The van der Waals surface area contributed by atoms with Crippen LogP contribution in [-0.4, -0.2) is 43.4 Å². The maximum atomic E-state index is 12.9. The molecule has 1 atom stereocenters. The molecule has 0 aromatic heterocycles. The predicted molar refractivity (Wildman–Crippen MR) is 79.9 cm³/mol. The molecule has 1 aromatic carbocycles. The first kappa shape index (κ1) is 15.6. The summed E-state index contributed by atoms with van der Waals surface area (Å²) in [4.78, 5) is 14.7. The molecule has 0 unspecified atom stereocenters. The summed E-state index contributed by atoms with van der Waals surface area (Å²) in [5.74, 6) is 1.12. The van der Waals surface area contributed by atoms with E-state index in [0.29, 0.717) is 23.7 Å². The Morgan fingerprint density at radius 1 is 1.29 bits per heavy atom. The van der Waals surface area contributed by atoms with Gasteiger partial charge in [0.15, 0.2) is 11.5 Å². The highest BCUT2D eigenvalue weighted by Gasteiger charge is 2.42. The molecule has 0 radical (unpaired) electrons. The van der Waals surface area contributed by atoms with Crippen LogP contribution in [0.1, 0.15) is 36.7 Å². The zero-order chi connectivity index (χ0) is 15.8. The number of nitrogens with zero attached hydrogens (tertiary/aromatic N) is 1. The Morgan fingerprint density at radius 3 is 2.33 bits per heavy atom. The number of carbonyl (C=O) groups excluding carboxylic acids is 1. The monoisotopic (exact) mass is 293 g/mol. The first-order valence-electron chi connectivity index (χ1n) is 7.02. The highest BCUT2D eigenvalue weighted by atomic mass is 16.5. The van der Waals surface area contributed by atoms with Crippen LogP contribution in [0.2, 0.25) is 0 Å². The van der Waals surface area contributed by atoms with E-state index in [2.05, 4.69) is 0 Å². The van der Waals surface area contributed by atoms with Crippen LogP contribution in [0, 0.1) is 6.92 Å². The van der Waals surface area contributed by atoms with Crippen LogP contribution in [0.3, 0.4) is 0 Å². The van der Waals surface area contributed by atoms with E-state index >= 15 is 0 Å². The number of benzene rings is 1. The summed E-state index contributed by atoms with van der Waals surface area (Å²) in [5, 5.41) is 0. The second-order valence-corrected chi connectivity index (χ2v) is 5.80. The number of amides is 1. The van der Waals surface area contributed by atoms with Crippen molar-refractivity contribution in [3.05, 3.63) is 23.3 Å². The zero-order valence-electron chi connectivity index (χ0n) is 13.5. The van der Waals surface area contributed by atoms with Gasteiger partial charge in [-0.2, -0.15) is 0 Å². The topological polar surface area (TPSA) is 48.0 Å². The summed E-state index contributed by atoms with van der Waals surface area (Å²) in [5.41, 5.74) is 0.862. The standard InChI is InChI=1S/C16H23NO4/c1-10-7-13(19-5)14(20-6)8-12(10)15(18)17-11(2)9-21-16(17,3)4/h7-8,11H,9H2,1-6H3/t11-/m0/s1. The fraction of sp³-hybridized carbons (Fsp3) is 0.562. The molecule has 0 spiro atoms. The number of aryl methyl sites for hydroxylation is 1. The molecule has 0 N–H and O–H groups in total. The van der Waals surface area contributed by atoms with Crippen LogP contribution in [0.5, 0.6) is 11.5 Å². The van der Waals surface area contributed by atoms with Crippen LogP contribution < -0.4 is 9.47 Å². The third kappa shape index (κ3) is 2.70. The molecule has 0 saturated carbocycles. The van der Waals surface area contributed by atoms with E-state index in [4.69, 9.17) is 14.2 Å². The number of ether oxygens (including phenoxy) is 3. The van der Waals surface area contributed by atoms with Crippen LogP contribution >= 0.6 is 0 Å². The number of rotatable bonds is 3. The van der Waals surface area contributed by atoms with Gasteiger partial charge in [0.25, 0.3) is 5.91 Å².